The summed E-state index contributed by atoms with van der Waals surface area (Å²) in [6.45, 7) is 0.00905. The second kappa shape index (κ2) is 6.20. The van der Waals surface area contributed by atoms with Crippen molar-refractivity contribution in [3.05, 3.63) is 21.9 Å². The Morgan fingerprint density at radius 1 is 1.56 bits per heavy atom. The summed E-state index contributed by atoms with van der Waals surface area (Å²) in [5, 5.41) is 20.4. The molecule has 0 fully saturated rings. The number of carbonyl (C=O) groups is 1. The third-order valence-electron chi connectivity index (χ3n) is 1.85. The summed E-state index contributed by atoms with van der Waals surface area (Å²) >= 11 is 2.30. The van der Waals surface area contributed by atoms with E-state index in [4.69, 9.17) is 5.11 Å². The van der Waals surface area contributed by atoms with Crippen molar-refractivity contribution in [2.45, 2.75) is 6.42 Å². The van der Waals surface area contributed by atoms with Crippen molar-refractivity contribution in [1.82, 2.24) is 14.8 Å². The minimum atomic E-state index is -0.281. The molecule has 0 saturated heterocycles. The number of thiophene rings is 1. The van der Waals surface area contributed by atoms with Gasteiger partial charge < -0.3 is 5.11 Å². The number of nitrogens with zero attached hydrogens (tertiary/aromatic N) is 3. The Morgan fingerprint density at radius 3 is 3.17 bits per heavy atom. The van der Waals surface area contributed by atoms with Crippen LogP contribution in [0.25, 0.3) is 0 Å². The van der Waals surface area contributed by atoms with Gasteiger partial charge in [0, 0.05) is 23.5 Å². The highest BCUT2D eigenvalue weighted by Crippen LogP contribution is 2.18. The molecule has 2 rings (SSSR count). The van der Waals surface area contributed by atoms with E-state index < -0.39 is 0 Å². The van der Waals surface area contributed by atoms with Crippen LogP contribution in [0.1, 0.15) is 21.7 Å². The topological polar surface area (TPSA) is 88.0 Å². The molecule has 0 aliphatic carbocycles. The Labute approximate surface area is 111 Å². The number of aliphatic hydroxyl groups excluding tert-OH is 1. The van der Waals surface area contributed by atoms with Crippen LogP contribution in [0.4, 0.5) is 5.13 Å². The molecule has 0 aliphatic heterocycles. The summed E-state index contributed by atoms with van der Waals surface area (Å²) in [7, 11) is 0. The van der Waals surface area contributed by atoms with E-state index in [1.54, 1.807) is 11.4 Å². The Bertz CT molecular complexity index is 583. The number of anilines is 1. The molecule has 1 amide bonds. The Hall–Kier alpha value is -1.82. The van der Waals surface area contributed by atoms with Gasteiger partial charge in [-0.15, -0.1) is 11.3 Å². The van der Waals surface area contributed by atoms with Gasteiger partial charge in [-0.25, -0.2) is 0 Å². The lowest BCUT2D eigenvalue weighted by atomic mass is 10.2. The molecule has 0 radical (unpaired) electrons. The quantitative estimate of drug-likeness (QED) is 0.818. The zero-order chi connectivity index (χ0) is 12.8. The van der Waals surface area contributed by atoms with Crippen LogP contribution in [0.5, 0.6) is 0 Å². The first-order valence-corrected chi connectivity index (χ1v) is 6.60. The van der Waals surface area contributed by atoms with Gasteiger partial charge in [0.2, 0.25) is 5.13 Å². The van der Waals surface area contributed by atoms with E-state index in [2.05, 4.69) is 32.0 Å². The average Bonchev–Trinajstić information content (AvgIpc) is 3.00. The maximum atomic E-state index is 11.9. The van der Waals surface area contributed by atoms with E-state index in [9.17, 15) is 4.79 Å². The van der Waals surface area contributed by atoms with Gasteiger partial charge in [-0.05, 0) is 16.7 Å². The van der Waals surface area contributed by atoms with Gasteiger partial charge in [0.05, 0.1) is 6.61 Å². The second-order valence-corrected chi connectivity index (χ2v) is 4.71. The number of aliphatic hydroxyl groups is 1. The monoisotopic (exact) mass is 280 g/mol. The third kappa shape index (κ3) is 3.10. The highest BCUT2D eigenvalue weighted by molar-refractivity contribution is 7.13. The third-order valence-corrected chi connectivity index (χ3v) is 3.28. The molecule has 92 valence electrons. The molecule has 0 atom stereocenters. The summed E-state index contributed by atoms with van der Waals surface area (Å²) in [4.78, 5) is 12.4. The highest BCUT2D eigenvalue weighted by atomic mass is 32.1. The van der Waals surface area contributed by atoms with Crippen molar-refractivity contribution in [2.75, 3.05) is 11.9 Å². The summed E-state index contributed by atoms with van der Waals surface area (Å²) in [5.74, 6) is 5.35. The fourth-order valence-electron chi connectivity index (χ4n) is 1.13. The van der Waals surface area contributed by atoms with E-state index in [-0.39, 0.29) is 12.5 Å². The van der Waals surface area contributed by atoms with Crippen molar-refractivity contribution < 1.29 is 9.90 Å². The number of nitrogens with one attached hydrogen (secondary N) is 1. The number of rotatable bonds is 3. The number of amides is 1. The molecule has 0 bridgehead atoms. The molecule has 2 aromatic rings. The van der Waals surface area contributed by atoms with Gasteiger partial charge in [-0.3, -0.25) is 10.1 Å². The molecule has 8 heteroatoms. The van der Waals surface area contributed by atoms with Gasteiger partial charge in [0.15, 0.2) is 0 Å². The van der Waals surface area contributed by atoms with Crippen LogP contribution < -0.4 is 5.32 Å². The smallest absolute Gasteiger partial charge is 0.268 e. The average molecular weight is 280 g/mol. The van der Waals surface area contributed by atoms with Crippen LogP contribution in [0.3, 0.4) is 0 Å². The molecule has 18 heavy (non-hydrogen) atoms. The largest absolute Gasteiger partial charge is 0.395 e. The fourth-order valence-corrected chi connectivity index (χ4v) is 2.24. The van der Waals surface area contributed by atoms with Crippen molar-refractivity contribution in [1.29, 1.82) is 0 Å². The van der Waals surface area contributed by atoms with Crippen LogP contribution >= 0.6 is 22.9 Å². The molecule has 0 aliphatic rings. The minimum absolute atomic E-state index is 0.00905. The maximum absolute atomic E-state index is 11.9. The van der Waals surface area contributed by atoms with E-state index in [1.165, 1.54) is 11.3 Å². The summed E-state index contributed by atoms with van der Waals surface area (Å²) < 4.78 is 3.55. The second-order valence-electron chi connectivity index (χ2n) is 3.06. The Balaban J connectivity index is 2.12. The van der Waals surface area contributed by atoms with Gasteiger partial charge >= 0.3 is 0 Å². The molecule has 2 heterocycles. The van der Waals surface area contributed by atoms with Crippen LogP contribution in [-0.2, 0) is 0 Å². The first kappa shape index (κ1) is 12.6. The van der Waals surface area contributed by atoms with E-state index in [0.717, 1.165) is 11.5 Å². The van der Waals surface area contributed by atoms with Crippen molar-refractivity contribution in [3.63, 3.8) is 0 Å². The van der Waals surface area contributed by atoms with Crippen molar-refractivity contribution >= 4 is 33.9 Å². The summed E-state index contributed by atoms with van der Waals surface area (Å²) in [5.41, 5.74) is 0.642. The van der Waals surface area contributed by atoms with E-state index >= 15 is 0 Å². The lowest BCUT2D eigenvalue weighted by Crippen LogP contribution is -2.11. The van der Waals surface area contributed by atoms with Gasteiger partial charge in [0.25, 0.3) is 5.91 Å². The Morgan fingerprint density at radius 2 is 2.44 bits per heavy atom. The van der Waals surface area contributed by atoms with Gasteiger partial charge in [0.1, 0.15) is 4.88 Å². The summed E-state index contributed by atoms with van der Waals surface area (Å²) in [6.07, 6.45) is 0.386. The zero-order valence-corrected chi connectivity index (χ0v) is 10.7. The fraction of sp³-hybridized carbons (Fsp3) is 0.200. The molecule has 6 nitrogen and oxygen atoms in total. The summed E-state index contributed by atoms with van der Waals surface area (Å²) in [6, 6.07) is 1.77. The number of hydrogen-bond donors (Lipinski definition) is 2. The van der Waals surface area contributed by atoms with Crippen LogP contribution in [0, 0.1) is 11.8 Å². The van der Waals surface area contributed by atoms with E-state index in [0.29, 0.717) is 22.0 Å². The standard InChI is InChI=1S/C10H8N4O2S2/c15-5-2-1-3-7-4-6-17-8(7)9(16)11-10-12-13-14-18-10/h4,6,15H,2,5H2,(H,11,12,14,16). The molecule has 0 aromatic carbocycles. The predicted octanol–water partition coefficient (Wildman–Crippen LogP) is 0.981. The first-order valence-electron chi connectivity index (χ1n) is 4.95. The zero-order valence-electron chi connectivity index (χ0n) is 9.08. The van der Waals surface area contributed by atoms with Crippen LogP contribution in [0.15, 0.2) is 11.4 Å². The molecule has 2 N–H and O–H groups in total. The number of carbonyl (C=O) groups excluding carboxylic acids is 1. The van der Waals surface area contributed by atoms with Crippen molar-refractivity contribution in [3.8, 4) is 11.8 Å². The lowest BCUT2D eigenvalue weighted by molar-refractivity contribution is 0.103. The highest BCUT2D eigenvalue weighted by Gasteiger charge is 2.13. The normalized spacial score (nSPS) is 9.61. The minimum Gasteiger partial charge on any atom is -0.395 e. The first-order chi connectivity index (χ1) is 8.81. The van der Waals surface area contributed by atoms with Crippen LogP contribution in [0.2, 0.25) is 0 Å². The maximum Gasteiger partial charge on any atom is 0.268 e. The van der Waals surface area contributed by atoms with Gasteiger partial charge in [-0.2, -0.15) is 0 Å². The molecule has 2 aromatic heterocycles. The van der Waals surface area contributed by atoms with Crippen molar-refractivity contribution in [2.24, 2.45) is 0 Å². The van der Waals surface area contributed by atoms with Gasteiger partial charge in [-0.1, -0.05) is 21.4 Å². The lowest BCUT2D eigenvalue weighted by Gasteiger charge is -1.97. The number of aromatic nitrogens is 3. The molecule has 0 saturated carbocycles. The SMILES string of the molecule is O=C(Nc1nnns1)c1sccc1C#CCCO. The number of hydrogen-bond acceptors (Lipinski definition) is 7. The molecular formula is C10H8N4O2S2. The molecule has 0 spiro atoms. The van der Waals surface area contributed by atoms with Crippen LogP contribution in [-0.4, -0.2) is 32.4 Å². The Kier molecular flexibility index (Phi) is 4.35. The molecular weight excluding hydrogens is 272 g/mol. The van der Waals surface area contributed by atoms with E-state index in [1.807, 2.05) is 0 Å². The predicted molar refractivity (Wildman–Crippen MR) is 68.6 cm³/mol. The molecule has 0 unspecified atom stereocenters.